The molecule has 0 radical (unpaired) electrons. The molecule has 0 fully saturated rings. The monoisotopic (exact) mass is 507 g/mol. The lowest BCUT2D eigenvalue weighted by Gasteiger charge is -2.11. The lowest BCUT2D eigenvalue weighted by Crippen LogP contribution is -2.22. The summed E-state index contributed by atoms with van der Waals surface area (Å²) < 4.78 is 30.4. The quantitative estimate of drug-likeness (QED) is 0.386. The predicted molar refractivity (Wildman–Crippen MR) is 125 cm³/mol. The van der Waals surface area contributed by atoms with Crippen LogP contribution < -0.4 is 11.1 Å². The molecule has 9 nitrogen and oxygen atoms in total. The first-order chi connectivity index (χ1) is 16.1. The first kappa shape index (κ1) is 23.8. The molecule has 34 heavy (non-hydrogen) atoms. The van der Waals surface area contributed by atoms with Crippen LogP contribution in [0.25, 0.3) is 21.3 Å². The maximum absolute atomic E-state index is 13.7. The number of primary amides is 1. The number of aromatic nitrogens is 5. The van der Waals surface area contributed by atoms with Gasteiger partial charge in [-0.15, -0.1) is 11.3 Å². The summed E-state index contributed by atoms with van der Waals surface area (Å²) in [5.41, 5.74) is 7.36. The number of carbonyl (C=O) groups is 2. The number of aryl methyl sites for hydroxylation is 2. The van der Waals surface area contributed by atoms with Crippen molar-refractivity contribution in [2.75, 3.05) is 5.32 Å². The number of halogens is 3. The van der Waals surface area contributed by atoms with Crippen LogP contribution in [0.3, 0.4) is 0 Å². The van der Waals surface area contributed by atoms with Crippen LogP contribution >= 0.6 is 22.9 Å². The van der Waals surface area contributed by atoms with Crippen molar-refractivity contribution in [3.63, 3.8) is 0 Å². The molecule has 0 aliphatic carbocycles. The number of nitrogens with one attached hydrogen (secondary N) is 1. The average molecular weight is 508 g/mol. The van der Waals surface area contributed by atoms with E-state index >= 15 is 0 Å². The molecule has 4 aromatic heterocycles. The maximum Gasteiger partial charge on any atom is 0.280 e. The van der Waals surface area contributed by atoms with E-state index in [0.717, 1.165) is 11.3 Å². The van der Waals surface area contributed by atoms with Gasteiger partial charge in [-0.1, -0.05) is 11.6 Å². The Morgan fingerprint density at radius 3 is 2.59 bits per heavy atom. The number of hydrogen-bond donors (Lipinski definition) is 2. The molecule has 2 amide bonds. The molecule has 0 aliphatic heterocycles. The molecule has 178 valence electrons. The molecule has 0 bridgehead atoms. The van der Waals surface area contributed by atoms with Gasteiger partial charge in [-0.2, -0.15) is 10.2 Å². The highest BCUT2D eigenvalue weighted by Crippen LogP contribution is 2.43. The maximum atomic E-state index is 13.7. The smallest absolute Gasteiger partial charge is 0.280 e. The standard InChI is InChI=1S/C21H20ClF2N7O2S/c1-4-30-7-12(9(2)29-30)11-5-14(19(23)24)27-21-16(11)17(18(34-21)20(25)33)28-15(32)8-31-10(3)13(22)6-26-31/h5-7,19H,4,8H2,1-3H3,(H2,25,33)(H,28,32). The Kier molecular flexibility index (Phi) is 6.36. The largest absolute Gasteiger partial charge is 0.365 e. The Morgan fingerprint density at radius 2 is 2.03 bits per heavy atom. The van der Waals surface area contributed by atoms with Crippen LogP contribution in [0.1, 0.15) is 40.1 Å². The fourth-order valence-electron chi connectivity index (χ4n) is 3.58. The first-order valence-electron chi connectivity index (χ1n) is 10.2. The highest BCUT2D eigenvalue weighted by molar-refractivity contribution is 7.21. The summed E-state index contributed by atoms with van der Waals surface area (Å²) in [6.45, 7) is 5.74. The zero-order valence-electron chi connectivity index (χ0n) is 18.4. The van der Waals surface area contributed by atoms with Gasteiger partial charge in [0.1, 0.15) is 21.9 Å². The van der Waals surface area contributed by atoms with Crippen LogP contribution in [0.5, 0.6) is 0 Å². The van der Waals surface area contributed by atoms with Crippen LogP contribution in [0.15, 0.2) is 18.5 Å². The van der Waals surface area contributed by atoms with Gasteiger partial charge in [-0.25, -0.2) is 13.8 Å². The molecule has 3 N–H and O–H groups in total. The SMILES string of the molecule is CCn1cc(-c2cc(C(F)F)nc3sc(C(N)=O)c(NC(=O)Cn4ncc(Cl)c4C)c23)c(C)n1. The number of fused-ring (bicyclic) bond motifs is 1. The second-order valence-electron chi connectivity index (χ2n) is 7.51. The lowest BCUT2D eigenvalue weighted by atomic mass is 10.0. The number of carbonyl (C=O) groups excluding carboxylic acids is 2. The van der Waals surface area contributed by atoms with Gasteiger partial charge in [0.05, 0.1) is 28.3 Å². The van der Waals surface area contributed by atoms with Gasteiger partial charge < -0.3 is 11.1 Å². The lowest BCUT2D eigenvalue weighted by molar-refractivity contribution is -0.116. The summed E-state index contributed by atoms with van der Waals surface area (Å²) >= 11 is 6.85. The Hall–Kier alpha value is -3.38. The zero-order valence-corrected chi connectivity index (χ0v) is 20.0. The van der Waals surface area contributed by atoms with Crippen LogP contribution in [0.2, 0.25) is 5.02 Å². The third kappa shape index (κ3) is 4.26. The second kappa shape index (κ2) is 9.11. The first-order valence-corrected chi connectivity index (χ1v) is 11.4. The van der Waals surface area contributed by atoms with Crippen LogP contribution in [0.4, 0.5) is 14.5 Å². The van der Waals surface area contributed by atoms with E-state index in [0.29, 0.717) is 39.5 Å². The topological polar surface area (TPSA) is 121 Å². The summed E-state index contributed by atoms with van der Waals surface area (Å²) in [7, 11) is 0. The van der Waals surface area contributed by atoms with Crippen molar-refractivity contribution in [3.8, 4) is 11.1 Å². The van der Waals surface area contributed by atoms with Gasteiger partial charge in [-0.05, 0) is 32.4 Å². The van der Waals surface area contributed by atoms with E-state index in [1.165, 1.54) is 16.9 Å². The van der Waals surface area contributed by atoms with E-state index in [2.05, 4.69) is 20.5 Å². The van der Waals surface area contributed by atoms with E-state index in [-0.39, 0.29) is 21.9 Å². The highest BCUT2D eigenvalue weighted by atomic mass is 35.5. The van der Waals surface area contributed by atoms with Crippen molar-refractivity contribution in [1.29, 1.82) is 0 Å². The number of hydrogen-bond acceptors (Lipinski definition) is 6. The summed E-state index contributed by atoms with van der Waals surface area (Å²) in [4.78, 5) is 29.3. The normalized spacial score (nSPS) is 11.5. The molecule has 0 spiro atoms. The molecule has 4 heterocycles. The van der Waals surface area contributed by atoms with Crippen LogP contribution in [-0.2, 0) is 17.9 Å². The summed E-state index contributed by atoms with van der Waals surface area (Å²) in [6, 6.07) is 1.25. The van der Waals surface area contributed by atoms with E-state index in [1.807, 2.05) is 6.92 Å². The minimum atomic E-state index is -2.84. The van der Waals surface area contributed by atoms with Crippen LogP contribution in [0, 0.1) is 13.8 Å². The number of amides is 2. The number of pyridine rings is 1. The minimum absolute atomic E-state index is 0.000674. The Bertz CT molecular complexity index is 1430. The van der Waals surface area contributed by atoms with Gasteiger partial charge >= 0.3 is 0 Å². The van der Waals surface area contributed by atoms with E-state index in [1.54, 1.807) is 24.7 Å². The van der Waals surface area contributed by atoms with Crippen molar-refractivity contribution >= 4 is 50.7 Å². The third-order valence-corrected chi connectivity index (χ3v) is 6.76. The summed E-state index contributed by atoms with van der Waals surface area (Å²) in [6.07, 6.45) is 0.303. The summed E-state index contributed by atoms with van der Waals surface area (Å²) in [5.74, 6) is -1.32. The van der Waals surface area contributed by atoms with Gasteiger partial charge in [0.25, 0.3) is 12.3 Å². The molecule has 0 aliphatic rings. The number of anilines is 1. The number of nitrogens with two attached hydrogens (primary N) is 1. The predicted octanol–water partition coefficient (Wildman–Crippen LogP) is 4.32. The molecule has 0 saturated carbocycles. The van der Waals surface area contributed by atoms with Crippen LogP contribution in [-0.4, -0.2) is 36.4 Å². The molecular formula is C21H20ClF2N7O2S. The Morgan fingerprint density at radius 1 is 1.29 bits per heavy atom. The van der Waals surface area contributed by atoms with Crippen molar-refractivity contribution in [1.82, 2.24) is 24.5 Å². The molecule has 0 unspecified atom stereocenters. The third-order valence-electron chi connectivity index (χ3n) is 5.29. The zero-order chi connectivity index (χ0) is 24.7. The number of alkyl halides is 2. The minimum Gasteiger partial charge on any atom is -0.365 e. The van der Waals surface area contributed by atoms with Crippen molar-refractivity contribution in [2.45, 2.75) is 40.3 Å². The van der Waals surface area contributed by atoms with Crippen molar-refractivity contribution < 1.29 is 18.4 Å². The Labute approximate surface area is 201 Å². The van der Waals surface area contributed by atoms with E-state index in [4.69, 9.17) is 17.3 Å². The van der Waals surface area contributed by atoms with Gasteiger partial charge in [-0.3, -0.25) is 19.0 Å². The number of nitrogens with zero attached hydrogens (tertiary/aromatic N) is 5. The van der Waals surface area contributed by atoms with Gasteiger partial charge in [0.2, 0.25) is 5.91 Å². The Balaban J connectivity index is 1.90. The average Bonchev–Trinajstić information content (AvgIpc) is 3.44. The molecular weight excluding hydrogens is 488 g/mol. The van der Waals surface area contributed by atoms with Crippen molar-refractivity contribution in [2.24, 2.45) is 5.73 Å². The molecule has 13 heteroatoms. The molecule has 0 aromatic carbocycles. The van der Waals surface area contributed by atoms with E-state index < -0.39 is 23.9 Å². The molecule has 0 atom stereocenters. The highest BCUT2D eigenvalue weighted by Gasteiger charge is 2.26. The summed E-state index contributed by atoms with van der Waals surface area (Å²) in [5, 5.41) is 11.9. The van der Waals surface area contributed by atoms with E-state index in [9.17, 15) is 18.4 Å². The fourth-order valence-corrected chi connectivity index (χ4v) is 4.73. The number of thiophene rings is 1. The fraction of sp³-hybridized carbons (Fsp3) is 0.286. The molecule has 0 saturated heterocycles. The number of rotatable bonds is 7. The second-order valence-corrected chi connectivity index (χ2v) is 8.92. The molecule has 4 rings (SSSR count). The van der Waals surface area contributed by atoms with Crippen molar-refractivity contribution in [3.05, 3.63) is 45.4 Å². The molecule has 4 aromatic rings. The van der Waals surface area contributed by atoms with Gasteiger partial charge in [0.15, 0.2) is 0 Å². The van der Waals surface area contributed by atoms with Gasteiger partial charge in [0, 0.05) is 23.7 Å².